The van der Waals surface area contributed by atoms with Crippen LogP contribution in [-0.2, 0) is 4.79 Å². The highest BCUT2D eigenvalue weighted by atomic mass is 79.9. The smallest absolute Gasteiger partial charge is 0.321 e. The third kappa shape index (κ3) is 4.37. The molecule has 2 atom stereocenters. The van der Waals surface area contributed by atoms with E-state index in [1.54, 1.807) is 11.8 Å². The monoisotopic (exact) mass is 487 g/mol. The Hall–Kier alpha value is 0.240. The molecule has 2 unspecified atom stereocenters. The molecule has 0 spiro atoms. The summed E-state index contributed by atoms with van der Waals surface area (Å²) in [5.41, 5.74) is 0. The van der Waals surface area contributed by atoms with Gasteiger partial charge in [0.25, 0.3) is 0 Å². The molecular weight excluding hydrogens is 478 g/mol. The maximum Gasteiger partial charge on any atom is 0.321 e. The fourth-order valence-electron chi connectivity index (χ4n) is 1.78. The highest BCUT2D eigenvalue weighted by Crippen LogP contribution is 2.36. The lowest BCUT2D eigenvalue weighted by Gasteiger charge is -2.14. The van der Waals surface area contributed by atoms with Gasteiger partial charge in [-0.25, -0.2) is 0 Å². The van der Waals surface area contributed by atoms with Crippen LogP contribution in [0.4, 0.5) is 0 Å². The zero-order valence-electron chi connectivity index (χ0n) is 10.2. The topological polar surface area (TPSA) is 58.6 Å². The van der Waals surface area contributed by atoms with E-state index in [4.69, 9.17) is 9.84 Å². The summed E-state index contributed by atoms with van der Waals surface area (Å²) in [6, 6.07) is 3.39. The second kappa shape index (κ2) is 7.49. The minimum absolute atomic E-state index is 0.129. The highest BCUT2D eigenvalue weighted by Gasteiger charge is 2.29. The zero-order chi connectivity index (χ0) is 14.7. The van der Waals surface area contributed by atoms with Crippen LogP contribution < -0.4 is 10.1 Å². The number of hydrogen-bond donors (Lipinski definition) is 2. The van der Waals surface area contributed by atoms with Crippen LogP contribution in [0.2, 0.25) is 0 Å². The molecule has 1 aromatic rings. The van der Waals surface area contributed by atoms with Gasteiger partial charge in [0, 0.05) is 16.6 Å². The Morgan fingerprint density at radius 3 is 2.60 bits per heavy atom. The molecule has 1 aliphatic heterocycles. The Morgan fingerprint density at radius 2 is 2.05 bits per heavy atom. The number of carbonyl (C=O) groups is 1. The highest BCUT2D eigenvalue weighted by molar-refractivity contribution is 9.11. The molecule has 1 fully saturated rings. The number of carboxylic acid groups (broad SMARTS) is 1. The third-order valence-corrected chi connectivity index (χ3v) is 5.67. The van der Waals surface area contributed by atoms with E-state index in [1.807, 2.05) is 12.1 Å². The van der Waals surface area contributed by atoms with Gasteiger partial charge in [-0.3, -0.25) is 10.1 Å². The van der Waals surface area contributed by atoms with Crippen LogP contribution in [0.15, 0.2) is 25.6 Å². The maximum absolute atomic E-state index is 10.8. The van der Waals surface area contributed by atoms with Crippen LogP contribution >= 0.6 is 59.6 Å². The predicted octanol–water partition coefficient (Wildman–Crippen LogP) is 3.86. The van der Waals surface area contributed by atoms with E-state index in [0.29, 0.717) is 12.4 Å². The van der Waals surface area contributed by atoms with Crippen molar-refractivity contribution in [2.75, 3.05) is 12.4 Å². The average Bonchev–Trinajstić information content (AvgIpc) is 2.81. The summed E-state index contributed by atoms with van der Waals surface area (Å²) in [5.74, 6) is 0.566. The largest absolute Gasteiger partial charge is 0.491 e. The predicted molar refractivity (Wildman–Crippen MR) is 90.5 cm³/mol. The van der Waals surface area contributed by atoms with Crippen LogP contribution in [0, 0.1) is 0 Å². The minimum Gasteiger partial charge on any atom is -0.491 e. The molecule has 0 aromatic heterocycles. The van der Waals surface area contributed by atoms with Gasteiger partial charge in [0.05, 0.1) is 20.9 Å². The molecule has 1 aliphatic rings. The second-order valence-corrected chi connectivity index (χ2v) is 8.08. The molecule has 110 valence electrons. The van der Waals surface area contributed by atoms with E-state index in [1.165, 1.54) is 0 Å². The van der Waals surface area contributed by atoms with Crippen LogP contribution in [0.1, 0.15) is 6.42 Å². The van der Waals surface area contributed by atoms with Gasteiger partial charge in [-0.15, -0.1) is 11.8 Å². The van der Waals surface area contributed by atoms with Crippen molar-refractivity contribution in [2.24, 2.45) is 0 Å². The summed E-state index contributed by atoms with van der Waals surface area (Å²) in [5, 5.41) is 12.1. The fourth-order valence-corrected chi connectivity index (χ4v) is 5.45. The van der Waals surface area contributed by atoms with Crippen molar-refractivity contribution in [3.05, 3.63) is 25.6 Å². The number of nitrogens with one attached hydrogen (secondary N) is 1. The molecule has 0 bridgehead atoms. The molecule has 1 aromatic carbocycles. The molecule has 0 saturated carbocycles. The lowest BCUT2D eigenvalue weighted by Crippen LogP contribution is -2.37. The van der Waals surface area contributed by atoms with Crippen molar-refractivity contribution in [1.29, 1.82) is 0 Å². The second-order valence-electron chi connectivity index (χ2n) is 4.22. The number of hydrogen-bond acceptors (Lipinski definition) is 4. The third-order valence-electron chi connectivity index (χ3n) is 2.74. The molecule has 2 rings (SSSR count). The summed E-state index contributed by atoms with van der Waals surface area (Å²) in [4.78, 5) is 10.8. The van der Waals surface area contributed by atoms with Gasteiger partial charge >= 0.3 is 5.97 Å². The Kier molecular flexibility index (Phi) is 6.22. The zero-order valence-corrected chi connectivity index (χ0v) is 15.8. The van der Waals surface area contributed by atoms with Crippen molar-refractivity contribution < 1.29 is 14.6 Å². The molecule has 8 heteroatoms. The fraction of sp³-hybridized carbons (Fsp3) is 0.417. The first kappa shape index (κ1) is 16.6. The van der Waals surface area contributed by atoms with Crippen LogP contribution in [0.3, 0.4) is 0 Å². The van der Waals surface area contributed by atoms with E-state index in [0.717, 1.165) is 25.6 Å². The Balaban J connectivity index is 1.84. The number of carboxylic acids is 1. The Morgan fingerprint density at radius 1 is 1.40 bits per heavy atom. The number of thioether (sulfide) groups is 1. The lowest BCUT2D eigenvalue weighted by atomic mass is 10.3. The van der Waals surface area contributed by atoms with Gasteiger partial charge in [0.2, 0.25) is 0 Å². The Labute approximate surface area is 146 Å². The van der Waals surface area contributed by atoms with Crippen molar-refractivity contribution in [2.45, 2.75) is 17.8 Å². The van der Waals surface area contributed by atoms with Crippen molar-refractivity contribution in [3.8, 4) is 5.75 Å². The van der Waals surface area contributed by atoms with Gasteiger partial charge in [0.1, 0.15) is 11.8 Å². The normalized spacial score (nSPS) is 21.9. The number of benzene rings is 1. The molecule has 4 nitrogen and oxygen atoms in total. The maximum atomic E-state index is 10.8. The lowest BCUT2D eigenvalue weighted by molar-refractivity contribution is -0.138. The first-order chi connectivity index (χ1) is 9.47. The van der Waals surface area contributed by atoms with E-state index in [-0.39, 0.29) is 5.37 Å². The van der Waals surface area contributed by atoms with Gasteiger partial charge < -0.3 is 9.84 Å². The van der Waals surface area contributed by atoms with Gasteiger partial charge in [-0.05, 0) is 44.0 Å². The van der Waals surface area contributed by atoms with Crippen LogP contribution in [0.5, 0.6) is 5.75 Å². The van der Waals surface area contributed by atoms with Crippen LogP contribution in [-0.4, -0.2) is 34.9 Å². The first-order valence-corrected chi connectivity index (χ1v) is 9.28. The van der Waals surface area contributed by atoms with Crippen molar-refractivity contribution in [3.63, 3.8) is 0 Å². The van der Waals surface area contributed by atoms with E-state index in [2.05, 4.69) is 53.1 Å². The van der Waals surface area contributed by atoms with Crippen LogP contribution in [0.25, 0.3) is 0 Å². The van der Waals surface area contributed by atoms with Crippen molar-refractivity contribution >= 4 is 65.5 Å². The molecule has 1 saturated heterocycles. The standard InChI is InChI=1S/C12H12Br3NO3S/c13-6-3-7(14)11(8(15)4-6)19-2-1-10-16-9(5-20-10)12(17)18/h3-4,9-10,16H,1-2,5H2,(H,17,18). The molecule has 1 heterocycles. The number of rotatable bonds is 5. The summed E-state index contributed by atoms with van der Waals surface area (Å²) in [6.07, 6.45) is 0.753. The first-order valence-electron chi connectivity index (χ1n) is 5.85. The van der Waals surface area contributed by atoms with Gasteiger partial charge in [0.15, 0.2) is 0 Å². The molecular formula is C12H12Br3NO3S. The SMILES string of the molecule is O=C(O)C1CSC(CCOc2c(Br)cc(Br)cc2Br)N1. The summed E-state index contributed by atoms with van der Waals surface area (Å²) in [6.45, 7) is 0.524. The summed E-state index contributed by atoms with van der Waals surface area (Å²) >= 11 is 11.9. The van der Waals surface area contributed by atoms with E-state index < -0.39 is 12.0 Å². The molecule has 0 aliphatic carbocycles. The summed E-state index contributed by atoms with van der Waals surface area (Å²) in [7, 11) is 0. The Bertz CT molecular complexity index is 492. The molecule has 0 radical (unpaired) electrons. The van der Waals surface area contributed by atoms with Crippen molar-refractivity contribution in [1.82, 2.24) is 5.32 Å². The number of aliphatic carboxylic acids is 1. The molecule has 20 heavy (non-hydrogen) atoms. The minimum atomic E-state index is -0.792. The molecule has 0 amide bonds. The van der Waals surface area contributed by atoms with E-state index >= 15 is 0 Å². The molecule has 2 N–H and O–H groups in total. The van der Waals surface area contributed by atoms with Gasteiger partial charge in [-0.1, -0.05) is 15.9 Å². The summed E-state index contributed by atoms with van der Waals surface area (Å²) < 4.78 is 8.46. The van der Waals surface area contributed by atoms with Gasteiger partial charge in [-0.2, -0.15) is 0 Å². The van der Waals surface area contributed by atoms with E-state index in [9.17, 15) is 4.79 Å². The quantitative estimate of drug-likeness (QED) is 0.657. The average molecular weight is 490 g/mol. The number of ether oxygens (including phenoxy) is 1. The number of halogens is 3.